The number of thiazole rings is 1. The first-order chi connectivity index (χ1) is 7.66. The zero-order valence-corrected chi connectivity index (χ0v) is 11.6. The normalized spacial score (nSPS) is 10.4. The lowest BCUT2D eigenvalue weighted by atomic mass is 10.3. The van der Waals surface area contributed by atoms with Gasteiger partial charge in [0, 0.05) is 14.1 Å². The summed E-state index contributed by atoms with van der Waals surface area (Å²) in [5.41, 5.74) is 3.84. The van der Waals surface area contributed by atoms with Crippen molar-refractivity contribution in [2.24, 2.45) is 0 Å². The van der Waals surface area contributed by atoms with Gasteiger partial charge in [-0.25, -0.2) is 9.37 Å². The fraction of sp³-hybridized carbons (Fsp3) is 0.182. The average molecular weight is 348 g/mol. The molecule has 0 aliphatic rings. The van der Waals surface area contributed by atoms with Gasteiger partial charge in [0.2, 0.25) is 0 Å². The van der Waals surface area contributed by atoms with Gasteiger partial charge in [-0.1, -0.05) is 0 Å². The maximum Gasteiger partial charge on any atom is 0.124 e. The zero-order chi connectivity index (χ0) is 11.5. The van der Waals surface area contributed by atoms with E-state index in [2.05, 4.69) is 32.9 Å². The van der Waals surface area contributed by atoms with Crippen LogP contribution in [0, 0.1) is 16.3 Å². The molecule has 1 aromatic heterocycles. The molecule has 0 saturated heterocycles. The number of halogens is 2. The van der Waals surface area contributed by atoms with Crippen molar-refractivity contribution in [1.82, 2.24) is 4.98 Å². The molecule has 84 valence electrons. The largest absolute Gasteiger partial charge is 0.379 e. The van der Waals surface area contributed by atoms with Crippen LogP contribution in [0.1, 0.15) is 10.6 Å². The minimum Gasteiger partial charge on any atom is -0.379 e. The van der Waals surface area contributed by atoms with Crippen molar-refractivity contribution < 1.29 is 4.39 Å². The van der Waals surface area contributed by atoms with Crippen LogP contribution in [0.2, 0.25) is 0 Å². The smallest absolute Gasteiger partial charge is 0.124 e. The summed E-state index contributed by atoms with van der Waals surface area (Å²) >= 11 is 3.75. The molecule has 0 radical (unpaired) electrons. The second kappa shape index (κ2) is 5.09. The van der Waals surface area contributed by atoms with Gasteiger partial charge in [-0.15, -0.1) is 11.3 Å². The summed E-state index contributed by atoms with van der Waals surface area (Å²) in [6, 6.07) is 4.74. The van der Waals surface area contributed by atoms with Gasteiger partial charge >= 0.3 is 0 Å². The molecule has 2 aromatic rings. The van der Waals surface area contributed by atoms with E-state index in [9.17, 15) is 4.39 Å². The third-order valence-corrected chi connectivity index (χ3v) is 4.04. The van der Waals surface area contributed by atoms with E-state index in [1.807, 2.05) is 12.4 Å². The van der Waals surface area contributed by atoms with Crippen molar-refractivity contribution in [3.8, 4) is 0 Å². The Kier molecular flexibility index (Phi) is 3.75. The highest BCUT2D eigenvalue weighted by atomic mass is 127. The van der Waals surface area contributed by atoms with Crippen molar-refractivity contribution in [2.75, 3.05) is 5.32 Å². The molecule has 0 unspecified atom stereocenters. The first kappa shape index (κ1) is 11.8. The van der Waals surface area contributed by atoms with E-state index < -0.39 is 0 Å². The molecule has 0 saturated carbocycles. The van der Waals surface area contributed by atoms with Crippen LogP contribution in [0.5, 0.6) is 0 Å². The number of aryl methyl sites for hydroxylation is 1. The molecule has 1 aromatic carbocycles. The van der Waals surface area contributed by atoms with Crippen LogP contribution < -0.4 is 5.32 Å². The monoisotopic (exact) mass is 348 g/mol. The van der Waals surface area contributed by atoms with Crippen LogP contribution in [-0.4, -0.2) is 4.98 Å². The van der Waals surface area contributed by atoms with Gasteiger partial charge in [0.25, 0.3) is 0 Å². The summed E-state index contributed by atoms with van der Waals surface area (Å²) in [6.07, 6.45) is 0. The van der Waals surface area contributed by atoms with Gasteiger partial charge in [0.15, 0.2) is 0 Å². The van der Waals surface area contributed by atoms with Crippen LogP contribution in [0.4, 0.5) is 10.1 Å². The molecule has 1 N–H and O–H groups in total. The van der Waals surface area contributed by atoms with Crippen LogP contribution in [-0.2, 0) is 6.54 Å². The number of hydrogen-bond acceptors (Lipinski definition) is 3. The van der Waals surface area contributed by atoms with Crippen molar-refractivity contribution in [2.45, 2.75) is 13.5 Å². The minimum atomic E-state index is -0.205. The van der Waals surface area contributed by atoms with Gasteiger partial charge in [-0.3, -0.25) is 0 Å². The van der Waals surface area contributed by atoms with E-state index in [0.29, 0.717) is 0 Å². The van der Waals surface area contributed by atoms with Gasteiger partial charge in [-0.05, 0) is 47.7 Å². The third-order valence-electron chi connectivity index (χ3n) is 2.22. The van der Waals surface area contributed by atoms with Crippen molar-refractivity contribution in [3.63, 3.8) is 0 Å². The predicted molar refractivity (Wildman–Crippen MR) is 73.3 cm³/mol. The third kappa shape index (κ3) is 2.70. The Bertz CT molecular complexity index is 498. The standard InChI is InChI=1S/C11H10FIN2S/c1-7-11(16-6-15-7)5-14-10-3-2-8(12)4-9(10)13/h2-4,6,14H,5H2,1H3. The fourth-order valence-electron chi connectivity index (χ4n) is 1.30. The quantitative estimate of drug-likeness (QED) is 0.854. The van der Waals surface area contributed by atoms with E-state index in [-0.39, 0.29) is 5.82 Å². The first-order valence-corrected chi connectivity index (χ1v) is 6.70. The topological polar surface area (TPSA) is 24.9 Å². The Morgan fingerprint density at radius 3 is 2.94 bits per heavy atom. The van der Waals surface area contributed by atoms with E-state index in [1.165, 1.54) is 17.0 Å². The average Bonchev–Trinajstić information content (AvgIpc) is 2.63. The van der Waals surface area contributed by atoms with Gasteiger partial charge in [0.05, 0.1) is 17.7 Å². The van der Waals surface area contributed by atoms with Crippen molar-refractivity contribution in [3.05, 3.63) is 43.7 Å². The summed E-state index contributed by atoms with van der Waals surface area (Å²) in [7, 11) is 0. The van der Waals surface area contributed by atoms with Crippen molar-refractivity contribution >= 4 is 39.6 Å². The lowest BCUT2D eigenvalue weighted by molar-refractivity contribution is 0.627. The Hall–Kier alpha value is -0.690. The molecule has 1 heterocycles. The highest BCUT2D eigenvalue weighted by molar-refractivity contribution is 14.1. The van der Waals surface area contributed by atoms with Gasteiger partial charge in [-0.2, -0.15) is 0 Å². The molecule has 0 spiro atoms. The maximum absolute atomic E-state index is 12.9. The van der Waals surface area contributed by atoms with E-state index in [0.717, 1.165) is 21.5 Å². The first-order valence-electron chi connectivity index (χ1n) is 4.74. The number of hydrogen-bond donors (Lipinski definition) is 1. The summed E-state index contributed by atoms with van der Waals surface area (Å²) in [4.78, 5) is 5.39. The fourth-order valence-corrected chi connectivity index (χ4v) is 2.69. The van der Waals surface area contributed by atoms with Crippen LogP contribution in [0.3, 0.4) is 0 Å². The highest BCUT2D eigenvalue weighted by Gasteiger charge is 2.04. The molecule has 0 aliphatic heterocycles. The molecule has 2 rings (SSSR count). The molecular weight excluding hydrogens is 338 g/mol. The minimum absolute atomic E-state index is 0.205. The second-order valence-corrected chi connectivity index (χ2v) is 5.44. The number of rotatable bonds is 3. The van der Waals surface area contributed by atoms with E-state index in [1.54, 1.807) is 17.4 Å². The van der Waals surface area contributed by atoms with Crippen LogP contribution in [0.15, 0.2) is 23.7 Å². The summed E-state index contributed by atoms with van der Waals surface area (Å²) in [5.74, 6) is -0.205. The Morgan fingerprint density at radius 2 is 2.31 bits per heavy atom. The van der Waals surface area contributed by atoms with Gasteiger partial charge in [0.1, 0.15) is 5.82 Å². The molecule has 16 heavy (non-hydrogen) atoms. The Balaban J connectivity index is 2.08. The summed E-state index contributed by atoms with van der Waals surface area (Å²) < 4.78 is 13.8. The predicted octanol–water partition coefficient (Wildman–Crippen LogP) is 3.81. The molecular formula is C11H10FIN2S. The molecule has 0 atom stereocenters. The summed E-state index contributed by atoms with van der Waals surface area (Å²) in [5, 5.41) is 3.28. The molecule has 0 amide bonds. The lowest BCUT2D eigenvalue weighted by Gasteiger charge is -2.07. The molecule has 0 aliphatic carbocycles. The number of aromatic nitrogens is 1. The molecule has 0 fully saturated rings. The Labute approximate surface area is 111 Å². The van der Waals surface area contributed by atoms with Crippen LogP contribution >= 0.6 is 33.9 Å². The van der Waals surface area contributed by atoms with Crippen LogP contribution in [0.25, 0.3) is 0 Å². The number of benzene rings is 1. The maximum atomic E-state index is 12.9. The Morgan fingerprint density at radius 1 is 1.50 bits per heavy atom. The molecule has 0 bridgehead atoms. The van der Waals surface area contributed by atoms with E-state index in [4.69, 9.17) is 0 Å². The lowest BCUT2D eigenvalue weighted by Crippen LogP contribution is -2.01. The summed E-state index contributed by atoms with van der Waals surface area (Å²) in [6.45, 7) is 2.72. The number of nitrogens with zero attached hydrogens (tertiary/aromatic N) is 1. The number of anilines is 1. The van der Waals surface area contributed by atoms with Crippen molar-refractivity contribution in [1.29, 1.82) is 0 Å². The van der Waals surface area contributed by atoms with E-state index >= 15 is 0 Å². The highest BCUT2D eigenvalue weighted by Crippen LogP contribution is 2.21. The SMILES string of the molecule is Cc1ncsc1CNc1ccc(F)cc1I. The van der Waals surface area contributed by atoms with Gasteiger partial charge < -0.3 is 5.32 Å². The molecule has 2 nitrogen and oxygen atoms in total. The zero-order valence-electron chi connectivity index (χ0n) is 8.63. The molecule has 5 heteroatoms. The number of nitrogens with one attached hydrogen (secondary N) is 1. The second-order valence-electron chi connectivity index (χ2n) is 3.34.